The van der Waals surface area contributed by atoms with Crippen molar-refractivity contribution in [2.45, 2.75) is 39.2 Å². The second-order valence-corrected chi connectivity index (χ2v) is 8.54. The average molecular weight is 436 g/mol. The van der Waals surface area contributed by atoms with E-state index in [9.17, 15) is 9.59 Å². The standard InChI is InChI=1S/C24H25N3O3S/c1-2-13-30-18-10-8-17(9-11-18)22(28)27-24-21(19-6-3-7-20(19)31-24)23(29)26-15-16-5-4-12-25-14-16/h4-5,8-12,14H,2-3,6-7,13,15H2,1H3,(H,26,29)(H,27,28). The summed E-state index contributed by atoms with van der Waals surface area (Å²) >= 11 is 1.51. The van der Waals surface area contributed by atoms with Crippen molar-refractivity contribution < 1.29 is 14.3 Å². The fourth-order valence-corrected chi connectivity index (χ4v) is 4.89. The van der Waals surface area contributed by atoms with Crippen molar-refractivity contribution in [3.05, 3.63) is 75.9 Å². The highest BCUT2D eigenvalue weighted by Crippen LogP contribution is 2.39. The Morgan fingerprint density at radius 3 is 2.71 bits per heavy atom. The van der Waals surface area contributed by atoms with Crippen LogP contribution in [0.25, 0.3) is 0 Å². The minimum atomic E-state index is -0.233. The SMILES string of the molecule is CCCOc1ccc(C(=O)Nc2sc3c(c2C(=O)NCc2cccnc2)CCC3)cc1. The van der Waals surface area contributed by atoms with Crippen molar-refractivity contribution in [3.63, 3.8) is 0 Å². The van der Waals surface area contributed by atoms with E-state index in [1.165, 1.54) is 16.2 Å². The Morgan fingerprint density at radius 1 is 1.13 bits per heavy atom. The molecule has 3 aromatic rings. The van der Waals surface area contributed by atoms with E-state index < -0.39 is 0 Å². The minimum Gasteiger partial charge on any atom is -0.494 e. The molecule has 0 radical (unpaired) electrons. The van der Waals surface area contributed by atoms with Crippen LogP contribution in [0.2, 0.25) is 0 Å². The Labute approximate surface area is 185 Å². The third-order valence-electron chi connectivity index (χ3n) is 5.14. The van der Waals surface area contributed by atoms with Gasteiger partial charge < -0.3 is 15.4 Å². The molecule has 2 heterocycles. The van der Waals surface area contributed by atoms with Gasteiger partial charge in [0, 0.05) is 29.4 Å². The molecule has 0 saturated carbocycles. The van der Waals surface area contributed by atoms with Gasteiger partial charge in [0.05, 0.1) is 12.2 Å². The van der Waals surface area contributed by atoms with Crippen molar-refractivity contribution in [2.24, 2.45) is 0 Å². The summed E-state index contributed by atoms with van der Waals surface area (Å²) in [5, 5.41) is 6.55. The lowest BCUT2D eigenvalue weighted by Crippen LogP contribution is -2.25. The second-order valence-electron chi connectivity index (χ2n) is 7.43. The van der Waals surface area contributed by atoms with E-state index in [0.29, 0.717) is 29.3 Å². The molecule has 2 N–H and O–H groups in total. The topological polar surface area (TPSA) is 80.3 Å². The first-order valence-corrected chi connectivity index (χ1v) is 11.3. The highest BCUT2D eigenvalue weighted by Gasteiger charge is 2.27. The molecule has 0 fully saturated rings. The number of carbonyl (C=O) groups excluding carboxylic acids is 2. The normalized spacial score (nSPS) is 12.3. The third kappa shape index (κ3) is 4.94. The van der Waals surface area contributed by atoms with E-state index in [1.807, 2.05) is 19.1 Å². The second kappa shape index (κ2) is 9.75. The monoisotopic (exact) mass is 435 g/mol. The molecule has 0 bridgehead atoms. The number of hydrogen-bond donors (Lipinski definition) is 2. The maximum atomic E-state index is 13.0. The van der Waals surface area contributed by atoms with Crippen LogP contribution in [0, 0.1) is 0 Å². The van der Waals surface area contributed by atoms with E-state index in [0.717, 1.165) is 42.6 Å². The number of thiophene rings is 1. The zero-order valence-corrected chi connectivity index (χ0v) is 18.3. The van der Waals surface area contributed by atoms with Crippen LogP contribution in [0.4, 0.5) is 5.00 Å². The maximum Gasteiger partial charge on any atom is 0.256 e. The van der Waals surface area contributed by atoms with Crippen molar-refractivity contribution in [3.8, 4) is 5.75 Å². The van der Waals surface area contributed by atoms with Crippen LogP contribution in [0.1, 0.15) is 56.5 Å². The van der Waals surface area contributed by atoms with Gasteiger partial charge in [-0.15, -0.1) is 11.3 Å². The summed E-state index contributed by atoms with van der Waals surface area (Å²) in [5.41, 5.74) is 3.11. The van der Waals surface area contributed by atoms with Gasteiger partial charge in [-0.25, -0.2) is 0 Å². The lowest BCUT2D eigenvalue weighted by Gasteiger charge is -2.10. The molecule has 6 nitrogen and oxygen atoms in total. The van der Waals surface area contributed by atoms with Gasteiger partial charge in [0.2, 0.25) is 0 Å². The first-order valence-electron chi connectivity index (χ1n) is 10.5. The van der Waals surface area contributed by atoms with E-state index in [2.05, 4.69) is 15.6 Å². The molecule has 1 aromatic carbocycles. The van der Waals surface area contributed by atoms with Crippen molar-refractivity contribution in [2.75, 3.05) is 11.9 Å². The number of pyridine rings is 1. The number of nitrogens with one attached hydrogen (secondary N) is 2. The Morgan fingerprint density at radius 2 is 1.97 bits per heavy atom. The number of anilines is 1. The minimum absolute atomic E-state index is 0.165. The molecule has 160 valence electrons. The van der Waals surface area contributed by atoms with Crippen LogP contribution in [-0.4, -0.2) is 23.4 Å². The van der Waals surface area contributed by atoms with Crippen molar-refractivity contribution in [1.82, 2.24) is 10.3 Å². The molecule has 0 aliphatic heterocycles. The largest absolute Gasteiger partial charge is 0.494 e. The number of aromatic nitrogens is 1. The number of ether oxygens (including phenoxy) is 1. The Hall–Kier alpha value is -3.19. The van der Waals surface area contributed by atoms with Crippen molar-refractivity contribution >= 4 is 28.2 Å². The van der Waals surface area contributed by atoms with Gasteiger partial charge in [0.25, 0.3) is 11.8 Å². The molecule has 0 spiro atoms. The zero-order valence-electron chi connectivity index (χ0n) is 17.4. The highest BCUT2D eigenvalue weighted by atomic mass is 32.1. The molecular weight excluding hydrogens is 410 g/mol. The summed E-state index contributed by atoms with van der Waals surface area (Å²) in [6.45, 7) is 3.08. The van der Waals surface area contributed by atoms with E-state index >= 15 is 0 Å². The maximum absolute atomic E-state index is 13.0. The fourth-order valence-electron chi connectivity index (χ4n) is 3.60. The molecule has 4 rings (SSSR count). The molecule has 31 heavy (non-hydrogen) atoms. The number of aryl methyl sites for hydroxylation is 1. The molecule has 1 aliphatic rings. The molecule has 1 aliphatic carbocycles. The lowest BCUT2D eigenvalue weighted by atomic mass is 10.1. The average Bonchev–Trinajstić information content (AvgIpc) is 3.38. The van der Waals surface area contributed by atoms with E-state index in [1.54, 1.807) is 36.7 Å². The number of rotatable bonds is 8. The lowest BCUT2D eigenvalue weighted by molar-refractivity contribution is 0.0951. The number of nitrogens with zero attached hydrogens (tertiary/aromatic N) is 1. The first kappa shape index (κ1) is 21.1. The van der Waals surface area contributed by atoms with Crippen molar-refractivity contribution in [1.29, 1.82) is 0 Å². The van der Waals surface area contributed by atoms with E-state index in [4.69, 9.17) is 4.74 Å². The van der Waals surface area contributed by atoms with Gasteiger partial charge in [0.1, 0.15) is 10.8 Å². The Kier molecular flexibility index (Phi) is 6.62. The van der Waals surface area contributed by atoms with Gasteiger partial charge >= 0.3 is 0 Å². The molecule has 0 unspecified atom stereocenters. The van der Waals surface area contributed by atoms with Crippen LogP contribution in [0.15, 0.2) is 48.8 Å². The molecule has 7 heteroatoms. The molecule has 0 saturated heterocycles. The van der Waals surface area contributed by atoms with Gasteiger partial charge in [0.15, 0.2) is 0 Å². The number of fused-ring (bicyclic) bond motifs is 1. The summed E-state index contributed by atoms with van der Waals surface area (Å²) in [5.74, 6) is 0.342. The third-order valence-corrected chi connectivity index (χ3v) is 6.35. The highest BCUT2D eigenvalue weighted by molar-refractivity contribution is 7.17. The zero-order chi connectivity index (χ0) is 21.6. The molecule has 2 amide bonds. The number of amides is 2. The van der Waals surface area contributed by atoms with Gasteiger partial charge in [-0.2, -0.15) is 0 Å². The molecule has 2 aromatic heterocycles. The summed E-state index contributed by atoms with van der Waals surface area (Å²) in [7, 11) is 0. The Balaban J connectivity index is 1.49. The number of hydrogen-bond acceptors (Lipinski definition) is 5. The van der Waals surface area contributed by atoms with Crippen LogP contribution in [-0.2, 0) is 19.4 Å². The first-order chi connectivity index (χ1) is 15.2. The van der Waals surface area contributed by atoms with E-state index in [-0.39, 0.29) is 11.8 Å². The molecule has 0 atom stereocenters. The quantitative estimate of drug-likeness (QED) is 0.542. The molecular formula is C24H25N3O3S. The summed E-state index contributed by atoms with van der Waals surface area (Å²) < 4.78 is 5.58. The number of benzene rings is 1. The summed E-state index contributed by atoms with van der Waals surface area (Å²) in [6.07, 6.45) is 7.21. The predicted molar refractivity (Wildman–Crippen MR) is 122 cm³/mol. The van der Waals surface area contributed by atoms with Crippen LogP contribution >= 0.6 is 11.3 Å². The van der Waals surface area contributed by atoms with Gasteiger partial charge in [-0.05, 0) is 67.1 Å². The smallest absolute Gasteiger partial charge is 0.256 e. The Bertz CT molecular complexity index is 1060. The van der Waals surface area contributed by atoms with Crippen LogP contribution in [0.3, 0.4) is 0 Å². The van der Waals surface area contributed by atoms with Crippen LogP contribution < -0.4 is 15.4 Å². The predicted octanol–water partition coefficient (Wildman–Crippen LogP) is 4.60. The number of carbonyl (C=O) groups is 2. The van der Waals surface area contributed by atoms with Gasteiger partial charge in [-0.3, -0.25) is 14.6 Å². The fraction of sp³-hybridized carbons (Fsp3) is 0.292. The van der Waals surface area contributed by atoms with Crippen LogP contribution in [0.5, 0.6) is 5.75 Å². The van der Waals surface area contributed by atoms with Gasteiger partial charge in [-0.1, -0.05) is 13.0 Å². The summed E-state index contributed by atoms with van der Waals surface area (Å²) in [6, 6.07) is 10.8. The summed E-state index contributed by atoms with van der Waals surface area (Å²) in [4.78, 5) is 31.1.